The average molecular weight is 369 g/mol. The fourth-order valence-electron chi connectivity index (χ4n) is 3.68. The second-order valence-electron chi connectivity index (χ2n) is 7.65. The van der Waals surface area contributed by atoms with Crippen molar-refractivity contribution in [1.29, 1.82) is 0 Å². The van der Waals surface area contributed by atoms with Crippen LogP contribution in [0.5, 0.6) is 0 Å². The van der Waals surface area contributed by atoms with Gasteiger partial charge in [-0.3, -0.25) is 0 Å². The molecule has 2 aromatic carbocycles. The second kappa shape index (κ2) is 7.43. The summed E-state index contributed by atoms with van der Waals surface area (Å²) >= 11 is 0. The van der Waals surface area contributed by atoms with Crippen LogP contribution in [0.4, 0.5) is 8.78 Å². The number of aryl methyl sites for hydroxylation is 1. The third-order valence-electron chi connectivity index (χ3n) is 5.55. The highest BCUT2D eigenvalue weighted by atomic mass is 19.1. The van der Waals surface area contributed by atoms with Gasteiger partial charge in [0.2, 0.25) is 0 Å². The molecule has 1 aromatic heterocycles. The zero-order valence-corrected chi connectivity index (χ0v) is 15.8. The van der Waals surface area contributed by atoms with E-state index < -0.39 is 0 Å². The normalized spacial score (nSPS) is 16.7. The molecule has 2 aliphatic carbocycles. The Labute approximate surface area is 158 Å². The Bertz CT molecular complexity index is 937. The molecule has 3 aromatic rings. The molecule has 0 spiro atoms. The summed E-state index contributed by atoms with van der Waals surface area (Å²) in [5.41, 5.74) is 4.53. The number of H-pyrrole nitrogens is 1. The van der Waals surface area contributed by atoms with Crippen molar-refractivity contribution in [3.8, 4) is 11.3 Å². The van der Waals surface area contributed by atoms with Crippen LogP contribution in [0.2, 0.25) is 0 Å². The molecule has 2 fully saturated rings. The van der Waals surface area contributed by atoms with Gasteiger partial charge in [0.15, 0.2) is 0 Å². The van der Waals surface area contributed by atoms with Gasteiger partial charge >= 0.3 is 0 Å². The molecule has 4 heteroatoms. The van der Waals surface area contributed by atoms with Crippen LogP contribution in [0.15, 0.2) is 36.4 Å². The predicted molar refractivity (Wildman–Crippen MR) is 105 cm³/mol. The van der Waals surface area contributed by atoms with Crippen LogP contribution in [-0.4, -0.2) is 18.2 Å². The Kier molecular flexibility index (Phi) is 5.00. The summed E-state index contributed by atoms with van der Waals surface area (Å²) in [6.07, 6.45) is 6.70. The van der Waals surface area contributed by atoms with Crippen molar-refractivity contribution in [1.82, 2.24) is 4.98 Å². The first kappa shape index (κ1) is 18.2. The van der Waals surface area contributed by atoms with E-state index in [9.17, 15) is 8.78 Å². The van der Waals surface area contributed by atoms with Gasteiger partial charge in [0.05, 0.1) is 17.3 Å². The number of nitrogens with one attached hydrogen (secondary N) is 1. The molecule has 1 heterocycles. The maximum Gasteiger partial charge on any atom is 0.147 e. The number of aromatic amines is 1. The molecular formula is C23H25F2NO. The minimum Gasteiger partial charge on any atom is -0.381 e. The first-order valence-electron chi connectivity index (χ1n) is 9.67. The smallest absolute Gasteiger partial charge is 0.147 e. The van der Waals surface area contributed by atoms with Gasteiger partial charge in [-0.1, -0.05) is 6.42 Å². The largest absolute Gasteiger partial charge is 0.381 e. The third kappa shape index (κ3) is 3.77. The van der Waals surface area contributed by atoms with Crippen LogP contribution in [-0.2, 0) is 4.74 Å². The molecule has 0 bridgehead atoms. The monoisotopic (exact) mass is 369 g/mol. The number of rotatable bonds is 3. The van der Waals surface area contributed by atoms with Crippen molar-refractivity contribution in [3.63, 3.8) is 0 Å². The summed E-state index contributed by atoms with van der Waals surface area (Å²) in [4.78, 5) is 3.25. The molecule has 5 rings (SSSR count). The number of hydrogen-bond donors (Lipinski definition) is 1. The fraction of sp³-hybridized carbons (Fsp3) is 0.391. The van der Waals surface area contributed by atoms with E-state index in [1.807, 2.05) is 6.92 Å². The Morgan fingerprint density at radius 2 is 1.70 bits per heavy atom. The molecule has 27 heavy (non-hydrogen) atoms. The Morgan fingerprint density at radius 1 is 1.00 bits per heavy atom. The number of methoxy groups -OCH3 is 1. The van der Waals surface area contributed by atoms with Crippen LogP contribution >= 0.6 is 0 Å². The number of benzene rings is 2. The Morgan fingerprint density at radius 3 is 2.22 bits per heavy atom. The van der Waals surface area contributed by atoms with Crippen LogP contribution in [0.3, 0.4) is 0 Å². The lowest BCUT2D eigenvalue weighted by molar-refractivity contribution is 0.183. The minimum absolute atomic E-state index is 0.219. The lowest BCUT2D eigenvalue weighted by Gasteiger charge is -2.26. The molecule has 142 valence electrons. The van der Waals surface area contributed by atoms with Gasteiger partial charge in [-0.05, 0) is 91.6 Å². The van der Waals surface area contributed by atoms with E-state index in [2.05, 4.69) is 11.1 Å². The van der Waals surface area contributed by atoms with Crippen molar-refractivity contribution in [2.75, 3.05) is 7.11 Å². The summed E-state index contributed by atoms with van der Waals surface area (Å²) in [7, 11) is 1.76. The number of halogens is 2. The number of ether oxygens (including phenoxy) is 1. The van der Waals surface area contributed by atoms with Gasteiger partial charge < -0.3 is 9.72 Å². The third-order valence-corrected chi connectivity index (χ3v) is 5.55. The first-order valence-corrected chi connectivity index (χ1v) is 9.67. The van der Waals surface area contributed by atoms with E-state index in [0.717, 1.165) is 35.0 Å². The lowest BCUT2D eigenvalue weighted by Crippen LogP contribution is -2.09. The van der Waals surface area contributed by atoms with E-state index in [0.29, 0.717) is 17.5 Å². The molecule has 0 aliphatic heterocycles. The quantitative estimate of drug-likeness (QED) is 0.561. The number of hydrogen-bond acceptors (Lipinski definition) is 1. The van der Waals surface area contributed by atoms with Crippen molar-refractivity contribution in [2.45, 2.75) is 51.0 Å². The highest BCUT2D eigenvalue weighted by Crippen LogP contribution is 2.45. The van der Waals surface area contributed by atoms with E-state index in [1.54, 1.807) is 25.3 Å². The van der Waals surface area contributed by atoms with E-state index >= 15 is 0 Å². The molecule has 2 nitrogen and oxygen atoms in total. The predicted octanol–water partition coefficient (Wildman–Crippen LogP) is 6.48. The standard InChI is InChI=1S/C19H17F2N.C4H8O/c1-11-9-15-17(12-3-2-4-12)18(22-19(15)16(21)10-11)13-5-7-14(20)8-6-13;1-5-4-2-3-4/h5-10,12,22H,2-4H2,1H3;4H,2-3H2,1H3. The fourth-order valence-corrected chi connectivity index (χ4v) is 3.68. The van der Waals surface area contributed by atoms with Gasteiger partial charge in [-0.15, -0.1) is 0 Å². The molecule has 1 N–H and O–H groups in total. The average Bonchev–Trinajstić information content (AvgIpc) is 3.38. The summed E-state index contributed by atoms with van der Waals surface area (Å²) in [5.74, 6) is -0.00832. The van der Waals surface area contributed by atoms with Gasteiger partial charge in [0.25, 0.3) is 0 Å². The number of aromatic nitrogens is 1. The summed E-state index contributed by atoms with van der Waals surface area (Å²) < 4.78 is 32.4. The van der Waals surface area contributed by atoms with Crippen molar-refractivity contribution < 1.29 is 13.5 Å². The molecule has 0 amide bonds. The topological polar surface area (TPSA) is 25.0 Å². The second-order valence-corrected chi connectivity index (χ2v) is 7.65. The van der Waals surface area contributed by atoms with E-state index in [-0.39, 0.29) is 11.6 Å². The molecule has 2 saturated carbocycles. The minimum atomic E-state index is -0.257. The molecule has 0 atom stereocenters. The zero-order chi connectivity index (χ0) is 19.0. The molecule has 2 aliphatic rings. The highest BCUT2D eigenvalue weighted by Gasteiger charge is 2.27. The summed E-state index contributed by atoms with van der Waals surface area (Å²) in [6.45, 7) is 1.91. The maximum absolute atomic E-state index is 14.3. The summed E-state index contributed by atoms with van der Waals surface area (Å²) in [5, 5.41) is 0.974. The van der Waals surface area contributed by atoms with Crippen LogP contribution in [0.1, 0.15) is 49.1 Å². The van der Waals surface area contributed by atoms with Gasteiger partial charge in [0.1, 0.15) is 11.6 Å². The van der Waals surface area contributed by atoms with Gasteiger partial charge in [0, 0.05) is 12.5 Å². The van der Waals surface area contributed by atoms with Crippen molar-refractivity contribution >= 4 is 10.9 Å². The molecule has 0 saturated heterocycles. The lowest BCUT2D eigenvalue weighted by atomic mass is 9.78. The molecule has 0 unspecified atom stereocenters. The molecular weight excluding hydrogens is 344 g/mol. The van der Waals surface area contributed by atoms with Crippen molar-refractivity contribution in [3.05, 3.63) is 59.2 Å². The van der Waals surface area contributed by atoms with E-state index in [1.165, 1.54) is 37.0 Å². The maximum atomic E-state index is 14.3. The highest BCUT2D eigenvalue weighted by molar-refractivity contribution is 5.92. The molecule has 0 radical (unpaired) electrons. The van der Waals surface area contributed by atoms with Gasteiger partial charge in [-0.25, -0.2) is 8.78 Å². The van der Waals surface area contributed by atoms with Gasteiger partial charge in [-0.2, -0.15) is 0 Å². The summed E-state index contributed by atoms with van der Waals surface area (Å²) in [6, 6.07) is 10.0. The zero-order valence-electron chi connectivity index (χ0n) is 15.8. The Hall–Kier alpha value is -2.20. The van der Waals surface area contributed by atoms with Crippen LogP contribution in [0.25, 0.3) is 22.2 Å². The van der Waals surface area contributed by atoms with E-state index in [4.69, 9.17) is 4.74 Å². The van der Waals surface area contributed by atoms with Crippen LogP contribution < -0.4 is 0 Å². The SMILES string of the molecule is COC1CC1.Cc1cc(F)c2[nH]c(-c3ccc(F)cc3)c(C3CCC3)c2c1. The van der Waals surface area contributed by atoms with Crippen LogP contribution in [0, 0.1) is 18.6 Å². The number of fused-ring (bicyclic) bond motifs is 1. The van der Waals surface area contributed by atoms with Crippen molar-refractivity contribution in [2.24, 2.45) is 0 Å². The Balaban J connectivity index is 0.000000314. The first-order chi connectivity index (χ1) is 13.1.